The van der Waals surface area contributed by atoms with Gasteiger partial charge in [-0.15, -0.1) is 0 Å². The van der Waals surface area contributed by atoms with Crippen molar-refractivity contribution in [2.75, 3.05) is 6.54 Å². The largest absolute Gasteiger partial charge is 0.481 e. The number of rotatable bonds is 6. The Balaban J connectivity index is 2.44. The molecule has 1 aromatic rings. The lowest BCUT2D eigenvalue weighted by atomic mass is 10.0. The highest BCUT2D eigenvalue weighted by molar-refractivity contribution is 5.95. The lowest BCUT2D eigenvalue weighted by Gasteiger charge is -2.10. The zero-order valence-electron chi connectivity index (χ0n) is 11.7. The molecule has 0 aliphatic carbocycles. The molecule has 1 atom stereocenters. The minimum atomic E-state index is -0.791. The molecule has 2 N–H and O–H groups in total. The number of carboxylic acid groups (broad SMARTS) is 1. The molecule has 0 aliphatic heterocycles. The summed E-state index contributed by atoms with van der Waals surface area (Å²) in [6, 6.07) is 5.64. The number of aryl methyl sites for hydroxylation is 1. The van der Waals surface area contributed by atoms with Crippen LogP contribution in [-0.4, -0.2) is 23.5 Å². The van der Waals surface area contributed by atoms with E-state index in [1.54, 1.807) is 13.0 Å². The Labute approximate surface area is 113 Å². The van der Waals surface area contributed by atoms with Crippen LogP contribution in [0.5, 0.6) is 0 Å². The van der Waals surface area contributed by atoms with E-state index >= 15 is 0 Å². The summed E-state index contributed by atoms with van der Waals surface area (Å²) in [5, 5.41) is 11.6. The van der Waals surface area contributed by atoms with Crippen LogP contribution >= 0.6 is 0 Å². The number of carboxylic acids is 1. The van der Waals surface area contributed by atoms with Gasteiger partial charge >= 0.3 is 5.97 Å². The van der Waals surface area contributed by atoms with Crippen LogP contribution in [0.2, 0.25) is 0 Å². The molecule has 0 bridgehead atoms. The van der Waals surface area contributed by atoms with Crippen molar-refractivity contribution < 1.29 is 14.7 Å². The second kappa shape index (κ2) is 6.92. The predicted octanol–water partition coefficient (Wildman–Crippen LogP) is 2.53. The average molecular weight is 263 g/mol. The second-order valence-corrected chi connectivity index (χ2v) is 4.88. The molecule has 1 rings (SSSR count). The van der Waals surface area contributed by atoms with E-state index in [-0.39, 0.29) is 11.8 Å². The Morgan fingerprint density at radius 3 is 2.63 bits per heavy atom. The first-order valence-electron chi connectivity index (χ1n) is 6.50. The Morgan fingerprint density at radius 2 is 2.00 bits per heavy atom. The number of hydrogen-bond acceptors (Lipinski definition) is 2. The third kappa shape index (κ3) is 4.39. The highest BCUT2D eigenvalue weighted by Gasteiger charge is 2.12. The fourth-order valence-corrected chi connectivity index (χ4v) is 1.83. The summed E-state index contributed by atoms with van der Waals surface area (Å²) < 4.78 is 0. The van der Waals surface area contributed by atoms with Gasteiger partial charge in [0, 0.05) is 12.1 Å². The summed E-state index contributed by atoms with van der Waals surface area (Å²) in [5.74, 6) is -1.25. The number of carbonyl (C=O) groups excluding carboxylic acids is 1. The van der Waals surface area contributed by atoms with E-state index in [4.69, 9.17) is 5.11 Å². The minimum Gasteiger partial charge on any atom is -0.481 e. The first kappa shape index (κ1) is 15.2. The van der Waals surface area contributed by atoms with Gasteiger partial charge in [0.25, 0.3) is 5.91 Å². The molecule has 0 heterocycles. The van der Waals surface area contributed by atoms with Crippen molar-refractivity contribution in [3.8, 4) is 0 Å². The average Bonchev–Trinajstić information content (AvgIpc) is 2.37. The third-order valence-electron chi connectivity index (χ3n) is 3.37. The van der Waals surface area contributed by atoms with E-state index in [0.717, 1.165) is 11.1 Å². The maximum Gasteiger partial charge on any atom is 0.306 e. The molecule has 4 heteroatoms. The normalized spacial score (nSPS) is 11.9. The van der Waals surface area contributed by atoms with Gasteiger partial charge in [-0.05, 0) is 43.9 Å². The molecule has 0 radical (unpaired) electrons. The zero-order valence-corrected chi connectivity index (χ0v) is 11.7. The monoisotopic (exact) mass is 263 g/mol. The smallest absolute Gasteiger partial charge is 0.306 e. The summed E-state index contributed by atoms with van der Waals surface area (Å²) in [5.41, 5.74) is 2.76. The fourth-order valence-electron chi connectivity index (χ4n) is 1.83. The number of aliphatic carboxylic acids is 1. The van der Waals surface area contributed by atoms with E-state index in [1.807, 2.05) is 26.0 Å². The molecule has 0 aliphatic rings. The van der Waals surface area contributed by atoms with Crippen molar-refractivity contribution in [3.63, 3.8) is 0 Å². The lowest BCUT2D eigenvalue weighted by molar-refractivity contribution is -0.141. The van der Waals surface area contributed by atoms with Crippen molar-refractivity contribution >= 4 is 11.9 Å². The number of amides is 1. The van der Waals surface area contributed by atoms with Gasteiger partial charge in [-0.1, -0.05) is 19.1 Å². The number of benzene rings is 1. The van der Waals surface area contributed by atoms with E-state index in [9.17, 15) is 9.59 Å². The topological polar surface area (TPSA) is 66.4 Å². The van der Waals surface area contributed by atoms with Gasteiger partial charge in [-0.3, -0.25) is 9.59 Å². The van der Waals surface area contributed by atoms with Gasteiger partial charge in [-0.2, -0.15) is 0 Å². The van der Waals surface area contributed by atoms with Crippen LogP contribution in [0.25, 0.3) is 0 Å². The quantitative estimate of drug-likeness (QED) is 0.775. The van der Waals surface area contributed by atoms with Gasteiger partial charge in [-0.25, -0.2) is 0 Å². The highest BCUT2D eigenvalue weighted by Crippen LogP contribution is 2.12. The third-order valence-corrected chi connectivity index (χ3v) is 3.37. The Hall–Kier alpha value is -1.84. The summed E-state index contributed by atoms with van der Waals surface area (Å²) in [4.78, 5) is 22.6. The summed E-state index contributed by atoms with van der Waals surface area (Å²) in [6.07, 6.45) is 1.24. The molecule has 19 heavy (non-hydrogen) atoms. The molecule has 104 valence electrons. The van der Waals surface area contributed by atoms with Crippen molar-refractivity contribution in [2.45, 2.75) is 33.6 Å². The van der Waals surface area contributed by atoms with Crippen LogP contribution in [-0.2, 0) is 4.79 Å². The van der Waals surface area contributed by atoms with Gasteiger partial charge in [0.05, 0.1) is 5.92 Å². The first-order chi connectivity index (χ1) is 8.93. The molecule has 0 aromatic heterocycles. The van der Waals surface area contributed by atoms with Gasteiger partial charge in [0.1, 0.15) is 0 Å². The minimum absolute atomic E-state index is 0.0934. The van der Waals surface area contributed by atoms with Crippen LogP contribution in [0.1, 0.15) is 41.3 Å². The van der Waals surface area contributed by atoms with Crippen molar-refractivity contribution in [1.29, 1.82) is 0 Å². The van der Waals surface area contributed by atoms with Crippen LogP contribution in [0, 0.1) is 19.8 Å². The van der Waals surface area contributed by atoms with Crippen molar-refractivity contribution in [3.05, 3.63) is 34.9 Å². The summed E-state index contributed by atoms with van der Waals surface area (Å²) >= 11 is 0. The van der Waals surface area contributed by atoms with E-state index in [0.29, 0.717) is 24.9 Å². The van der Waals surface area contributed by atoms with Crippen molar-refractivity contribution in [2.24, 2.45) is 5.92 Å². The molecule has 4 nitrogen and oxygen atoms in total. The molecule has 0 saturated heterocycles. The molecule has 0 saturated carbocycles. The molecule has 1 aromatic carbocycles. The highest BCUT2D eigenvalue weighted by atomic mass is 16.4. The summed E-state index contributed by atoms with van der Waals surface area (Å²) in [6.45, 7) is 6.08. The number of carbonyl (C=O) groups is 2. The van der Waals surface area contributed by atoms with Crippen molar-refractivity contribution in [1.82, 2.24) is 5.32 Å². The maximum atomic E-state index is 12.0. The molecular weight excluding hydrogens is 242 g/mol. The van der Waals surface area contributed by atoms with E-state index in [1.165, 1.54) is 0 Å². The van der Waals surface area contributed by atoms with E-state index in [2.05, 4.69) is 5.32 Å². The maximum absolute atomic E-state index is 12.0. The van der Waals surface area contributed by atoms with Gasteiger partial charge in [0.2, 0.25) is 0 Å². The molecular formula is C15H21NO3. The second-order valence-electron chi connectivity index (χ2n) is 4.88. The molecule has 0 spiro atoms. The fraction of sp³-hybridized carbons (Fsp3) is 0.467. The molecule has 1 amide bonds. The van der Waals surface area contributed by atoms with E-state index < -0.39 is 5.97 Å². The van der Waals surface area contributed by atoms with Gasteiger partial charge < -0.3 is 10.4 Å². The Morgan fingerprint density at radius 1 is 1.32 bits per heavy atom. The Bertz CT molecular complexity index is 468. The van der Waals surface area contributed by atoms with Crippen LogP contribution in [0.4, 0.5) is 0 Å². The summed E-state index contributed by atoms with van der Waals surface area (Å²) in [7, 11) is 0. The SMILES string of the molecule is Cc1cccc(C(=O)NCCCC(C)C(=O)O)c1C. The standard InChI is InChI=1S/C15H21NO3/c1-10-6-4-8-13(12(10)3)14(17)16-9-5-7-11(2)15(18)19/h4,6,8,11H,5,7,9H2,1-3H3,(H,16,17)(H,18,19). The van der Waals surface area contributed by atoms with Crippen LogP contribution < -0.4 is 5.32 Å². The predicted molar refractivity (Wildman–Crippen MR) is 74.3 cm³/mol. The van der Waals surface area contributed by atoms with Crippen LogP contribution in [0.15, 0.2) is 18.2 Å². The Kier molecular flexibility index (Phi) is 5.55. The van der Waals surface area contributed by atoms with Crippen LogP contribution in [0.3, 0.4) is 0 Å². The number of hydrogen-bond donors (Lipinski definition) is 2. The molecule has 0 fully saturated rings. The zero-order chi connectivity index (χ0) is 14.4. The first-order valence-corrected chi connectivity index (χ1v) is 6.50. The lowest BCUT2D eigenvalue weighted by Crippen LogP contribution is -2.26. The molecule has 1 unspecified atom stereocenters. The van der Waals surface area contributed by atoms with Gasteiger partial charge in [0.15, 0.2) is 0 Å². The number of nitrogens with one attached hydrogen (secondary N) is 1.